The highest BCUT2D eigenvalue weighted by Crippen LogP contribution is 2.13. The number of fused-ring (bicyclic) bond motifs is 1. The van der Waals surface area contributed by atoms with Gasteiger partial charge in [-0.15, -0.1) is 0 Å². The van der Waals surface area contributed by atoms with E-state index in [-0.39, 0.29) is 29.4 Å². The smallest absolute Gasteiger partial charge is 0.283 e. The molecule has 3 rings (SSSR count). The molecule has 7 heteroatoms. The maximum absolute atomic E-state index is 13.1. The molecule has 102 valence electrons. The van der Waals surface area contributed by atoms with Crippen LogP contribution in [0, 0.1) is 12.7 Å². The molecule has 0 saturated carbocycles. The van der Waals surface area contributed by atoms with Gasteiger partial charge in [-0.3, -0.25) is 9.36 Å². The van der Waals surface area contributed by atoms with Crippen molar-refractivity contribution in [2.75, 3.05) is 5.73 Å². The molecule has 1 aromatic carbocycles. The number of aromatic amines is 1. The van der Waals surface area contributed by atoms with Gasteiger partial charge in [-0.25, -0.2) is 9.37 Å². The van der Waals surface area contributed by atoms with Gasteiger partial charge in [0.15, 0.2) is 11.2 Å². The molecule has 3 aromatic rings. The lowest BCUT2D eigenvalue weighted by Gasteiger charge is -2.10. The number of nitrogen functional groups attached to an aromatic ring is 1. The van der Waals surface area contributed by atoms with Gasteiger partial charge in [0.05, 0.1) is 12.9 Å². The molecule has 0 amide bonds. The lowest BCUT2D eigenvalue weighted by Crippen LogP contribution is -2.25. The number of nitrogens with one attached hydrogen (secondary N) is 1. The summed E-state index contributed by atoms with van der Waals surface area (Å²) in [6.07, 6.45) is 1.39. The Morgan fingerprint density at radius 1 is 1.45 bits per heavy atom. The van der Waals surface area contributed by atoms with Crippen molar-refractivity contribution < 1.29 is 4.39 Å². The van der Waals surface area contributed by atoms with E-state index < -0.39 is 0 Å². The Labute approximate surface area is 113 Å². The predicted molar refractivity (Wildman–Crippen MR) is 72.8 cm³/mol. The molecule has 0 fully saturated rings. The summed E-state index contributed by atoms with van der Waals surface area (Å²) in [5.74, 6) is -0.220. The number of anilines is 1. The number of benzene rings is 1. The summed E-state index contributed by atoms with van der Waals surface area (Å²) in [4.78, 5) is 23.0. The second-order valence-corrected chi connectivity index (χ2v) is 4.53. The van der Waals surface area contributed by atoms with Gasteiger partial charge in [-0.2, -0.15) is 4.98 Å². The number of nitrogens with zero attached hydrogens (tertiary/aromatic N) is 3. The van der Waals surface area contributed by atoms with E-state index in [9.17, 15) is 9.18 Å². The van der Waals surface area contributed by atoms with Gasteiger partial charge >= 0.3 is 0 Å². The Hall–Kier alpha value is -2.70. The van der Waals surface area contributed by atoms with Crippen LogP contribution in [0.3, 0.4) is 0 Å². The van der Waals surface area contributed by atoms with Crippen molar-refractivity contribution in [1.29, 1.82) is 0 Å². The molecular weight excluding hydrogens is 261 g/mol. The average molecular weight is 273 g/mol. The van der Waals surface area contributed by atoms with Crippen molar-refractivity contribution in [1.82, 2.24) is 19.5 Å². The fraction of sp³-hybridized carbons (Fsp3) is 0.154. The number of rotatable bonds is 2. The molecule has 20 heavy (non-hydrogen) atoms. The summed E-state index contributed by atoms with van der Waals surface area (Å²) < 4.78 is 14.4. The number of hydrogen-bond donors (Lipinski definition) is 2. The van der Waals surface area contributed by atoms with Crippen LogP contribution in [0.25, 0.3) is 11.2 Å². The lowest BCUT2D eigenvalue weighted by atomic mass is 10.1. The lowest BCUT2D eigenvalue weighted by molar-refractivity contribution is 0.624. The van der Waals surface area contributed by atoms with Crippen molar-refractivity contribution >= 4 is 17.1 Å². The van der Waals surface area contributed by atoms with E-state index in [1.807, 2.05) is 0 Å². The van der Waals surface area contributed by atoms with Gasteiger partial charge in [-0.05, 0) is 30.2 Å². The molecule has 3 N–H and O–H groups in total. The minimum Gasteiger partial charge on any atom is -0.369 e. The second-order valence-electron chi connectivity index (χ2n) is 4.53. The first-order valence-electron chi connectivity index (χ1n) is 6.00. The number of H-pyrrole nitrogens is 1. The molecule has 0 radical (unpaired) electrons. The van der Waals surface area contributed by atoms with Crippen molar-refractivity contribution in [2.45, 2.75) is 13.5 Å². The minimum atomic E-state index is -0.322. The summed E-state index contributed by atoms with van der Waals surface area (Å²) >= 11 is 0. The maximum atomic E-state index is 13.1. The largest absolute Gasteiger partial charge is 0.369 e. The monoisotopic (exact) mass is 273 g/mol. The van der Waals surface area contributed by atoms with Crippen LogP contribution in [0.4, 0.5) is 10.3 Å². The van der Waals surface area contributed by atoms with Crippen LogP contribution in [-0.4, -0.2) is 19.5 Å². The highest BCUT2D eigenvalue weighted by atomic mass is 19.1. The number of halogens is 1. The third-order valence-corrected chi connectivity index (χ3v) is 3.20. The SMILES string of the molecule is Cc1cc(F)ccc1Cn1c(N)nc2[nH]cnc2c1=O. The first kappa shape index (κ1) is 12.3. The zero-order valence-corrected chi connectivity index (χ0v) is 10.7. The van der Waals surface area contributed by atoms with Gasteiger partial charge in [0, 0.05) is 0 Å². The van der Waals surface area contributed by atoms with E-state index in [1.165, 1.54) is 23.0 Å². The molecule has 0 atom stereocenters. The standard InChI is InChI=1S/C13H12FN5O/c1-7-4-9(14)3-2-8(7)5-19-12(20)10-11(17-6-16-10)18-13(19)15/h2-4,6H,5H2,1H3,(H2,15,18)(H,16,17). The summed E-state index contributed by atoms with van der Waals surface area (Å²) in [5.41, 5.74) is 7.63. The maximum Gasteiger partial charge on any atom is 0.283 e. The van der Waals surface area contributed by atoms with E-state index in [1.54, 1.807) is 13.0 Å². The van der Waals surface area contributed by atoms with Crippen LogP contribution in [0.15, 0.2) is 29.3 Å². The van der Waals surface area contributed by atoms with Crippen LogP contribution < -0.4 is 11.3 Å². The van der Waals surface area contributed by atoms with Crippen molar-refractivity contribution in [3.8, 4) is 0 Å². The van der Waals surface area contributed by atoms with Crippen molar-refractivity contribution in [3.63, 3.8) is 0 Å². The van der Waals surface area contributed by atoms with E-state index in [0.717, 1.165) is 11.1 Å². The summed E-state index contributed by atoms with van der Waals surface area (Å²) in [5, 5.41) is 0. The van der Waals surface area contributed by atoms with Crippen LogP contribution in [0.1, 0.15) is 11.1 Å². The molecule has 2 aromatic heterocycles. The van der Waals surface area contributed by atoms with E-state index in [4.69, 9.17) is 5.73 Å². The van der Waals surface area contributed by atoms with E-state index in [0.29, 0.717) is 5.65 Å². The van der Waals surface area contributed by atoms with Crippen LogP contribution in [0.2, 0.25) is 0 Å². The topological polar surface area (TPSA) is 89.6 Å². The molecule has 0 aliphatic heterocycles. The Balaban J connectivity index is 2.12. The van der Waals surface area contributed by atoms with E-state index >= 15 is 0 Å². The molecule has 0 aliphatic rings. The quantitative estimate of drug-likeness (QED) is 0.734. The van der Waals surface area contributed by atoms with E-state index in [2.05, 4.69) is 15.0 Å². The number of nitrogens with two attached hydrogens (primary N) is 1. The molecule has 0 unspecified atom stereocenters. The van der Waals surface area contributed by atoms with Crippen LogP contribution in [0.5, 0.6) is 0 Å². The Morgan fingerprint density at radius 3 is 3.00 bits per heavy atom. The zero-order chi connectivity index (χ0) is 14.3. The highest BCUT2D eigenvalue weighted by Gasteiger charge is 2.12. The molecule has 0 saturated heterocycles. The fourth-order valence-electron chi connectivity index (χ4n) is 2.10. The first-order chi connectivity index (χ1) is 9.56. The second kappa shape index (κ2) is 4.44. The van der Waals surface area contributed by atoms with Gasteiger partial charge < -0.3 is 10.7 Å². The number of imidazole rings is 1. The zero-order valence-electron chi connectivity index (χ0n) is 10.7. The fourth-order valence-corrected chi connectivity index (χ4v) is 2.10. The summed E-state index contributed by atoms with van der Waals surface area (Å²) in [7, 11) is 0. The molecule has 2 heterocycles. The predicted octanol–water partition coefficient (Wildman–Crippen LogP) is 1.20. The molecule has 0 aliphatic carbocycles. The third kappa shape index (κ3) is 1.93. The number of aryl methyl sites for hydroxylation is 1. The van der Waals surface area contributed by atoms with Gasteiger partial charge in [0.1, 0.15) is 5.82 Å². The number of aromatic nitrogens is 4. The summed E-state index contributed by atoms with van der Waals surface area (Å²) in [6, 6.07) is 4.40. The first-order valence-corrected chi connectivity index (χ1v) is 6.00. The van der Waals surface area contributed by atoms with Gasteiger partial charge in [-0.1, -0.05) is 6.07 Å². The number of hydrogen-bond acceptors (Lipinski definition) is 4. The van der Waals surface area contributed by atoms with Gasteiger partial charge in [0.25, 0.3) is 5.56 Å². The highest BCUT2D eigenvalue weighted by molar-refractivity contribution is 5.69. The Bertz CT molecular complexity index is 852. The average Bonchev–Trinajstić information content (AvgIpc) is 2.85. The normalized spacial score (nSPS) is 11.1. The summed E-state index contributed by atoms with van der Waals surface area (Å²) in [6.45, 7) is 2.01. The van der Waals surface area contributed by atoms with Crippen molar-refractivity contribution in [3.05, 3.63) is 51.8 Å². The Morgan fingerprint density at radius 2 is 2.25 bits per heavy atom. The van der Waals surface area contributed by atoms with Crippen LogP contribution >= 0.6 is 0 Å². The Kier molecular flexibility index (Phi) is 2.74. The molecular formula is C13H12FN5O. The van der Waals surface area contributed by atoms with Crippen molar-refractivity contribution in [2.24, 2.45) is 0 Å². The van der Waals surface area contributed by atoms with Crippen LogP contribution in [-0.2, 0) is 6.54 Å². The molecule has 0 bridgehead atoms. The third-order valence-electron chi connectivity index (χ3n) is 3.20. The molecule has 6 nitrogen and oxygen atoms in total. The minimum absolute atomic E-state index is 0.0930. The molecule has 0 spiro atoms. The van der Waals surface area contributed by atoms with Gasteiger partial charge in [0.2, 0.25) is 5.95 Å².